The normalized spacial score (nSPS) is 13.6. The molecule has 0 aliphatic carbocycles. The van der Waals surface area contributed by atoms with Gasteiger partial charge in [-0.25, -0.2) is 0 Å². The Hall–Kier alpha value is -0.820. The highest BCUT2D eigenvalue weighted by atomic mass is 19.4. The van der Waals surface area contributed by atoms with Crippen LogP contribution in [0.2, 0.25) is 0 Å². The lowest BCUT2D eigenvalue weighted by Crippen LogP contribution is -2.42. The van der Waals surface area contributed by atoms with Gasteiger partial charge in [0.1, 0.15) is 6.04 Å². The fourth-order valence-corrected chi connectivity index (χ4v) is 1.49. The van der Waals surface area contributed by atoms with Crippen molar-refractivity contribution in [1.29, 1.82) is 0 Å². The molecule has 0 amide bonds. The summed E-state index contributed by atoms with van der Waals surface area (Å²) in [4.78, 5) is 11.4. The molecule has 0 spiro atoms. The van der Waals surface area contributed by atoms with Crippen molar-refractivity contribution in [3.63, 3.8) is 0 Å². The molecule has 0 aliphatic heterocycles. The number of ether oxygens (including phenoxy) is 2. The molecule has 1 N–H and O–H groups in total. The molecular formula is C12H22F3NO3. The molecule has 0 aliphatic rings. The quantitative estimate of drug-likeness (QED) is 0.521. The van der Waals surface area contributed by atoms with Crippen LogP contribution in [0.1, 0.15) is 33.1 Å². The lowest BCUT2D eigenvalue weighted by atomic mass is 10.2. The maximum absolute atomic E-state index is 11.9. The summed E-state index contributed by atoms with van der Waals surface area (Å²) in [5, 5.41) is 3.01. The second-order valence-electron chi connectivity index (χ2n) is 4.52. The molecule has 4 nitrogen and oxygen atoms in total. The first-order chi connectivity index (χ1) is 8.76. The number of alkyl halides is 3. The van der Waals surface area contributed by atoms with Crippen LogP contribution in [0.5, 0.6) is 0 Å². The highest BCUT2D eigenvalue weighted by Gasteiger charge is 2.26. The van der Waals surface area contributed by atoms with Crippen LogP contribution < -0.4 is 5.32 Å². The van der Waals surface area contributed by atoms with Gasteiger partial charge in [-0.05, 0) is 12.8 Å². The van der Waals surface area contributed by atoms with Gasteiger partial charge in [0.15, 0.2) is 0 Å². The van der Waals surface area contributed by atoms with Gasteiger partial charge in [-0.1, -0.05) is 13.8 Å². The monoisotopic (exact) mass is 285 g/mol. The second-order valence-corrected chi connectivity index (χ2v) is 4.52. The molecule has 0 bridgehead atoms. The Bertz CT molecular complexity index is 257. The Balaban J connectivity index is 3.78. The van der Waals surface area contributed by atoms with Crippen LogP contribution >= 0.6 is 0 Å². The zero-order valence-corrected chi connectivity index (χ0v) is 11.5. The molecule has 114 valence electrons. The molecule has 0 heterocycles. The van der Waals surface area contributed by atoms with E-state index in [2.05, 4.69) is 10.1 Å². The average molecular weight is 285 g/mol. The summed E-state index contributed by atoms with van der Waals surface area (Å²) in [5.41, 5.74) is 0. The third-order valence-corrected chi connectivity index (χ3v) is 2.32. The van der Waals surface area contributed by atoms with Gasteiger partial charge in [-0.15, -0.1) is 0 Å². The van der Waals surface area contributed by atoms with Crippen molar-refractivity contribution in [2.75, 3.05) is 20.3 Å². The van der Waals surface area contributed by atoms with E-state index >= 15 is 0 Å². The van der Waals surface area contributed by atoms with Crippen molar-refractivity contribution < 1.29 is 27.4 Å². The lowest BCUT2D eigenvalue weighted by Gasteiger charge is -2.18. The van der Waals surface area contributed by atoms with Gasteiger partial charge in [0.05, 0.1) is 7.11 Å². The van der Waals surface area contributed by atoms with E-state index in [4.69, 9.17) is 4.74 Å². The molecule has 1 atom stereocenters. The van der Waals surface area contributed by atoms with E-state index in [9.17, 15) is 18.0 Å². The molecule has 0 fully saturated rings. The maximum atomic E-state index is 11.9. The molecule has 0 rings (SSSR count). The van der Waals surface area contributed by atoms with E-state index in [0.717, 1.165) is 0 Å². The molecule has 0 saturated heterocycles. The number of rotatable bonds is 9. The zero-order chi connectivity index (χ0) is 14.9. The van der Waals surface area contributed by atoms with Crippen LogP contribution in [0.4, 0.5) is 13.2 Å². The number of carbonyl (C=O) groups excluding carboxylic acids is 1. The Labute approximate surface area is 111 Å². The van der Waals surface area contributed by atoms with Gasteiger partial charge < -0.3 is 14.8 Å². The van der Waals surface area contributed by atoms with Gasteiger partial charge in [0.25, 0.3) is 0 Å². The number of methoxy groups -OCH3 is 1. The Morgan fingerprint density at radius 2 is 1.89 bits per heavy atom. The molecule has 19 heavy (non-hydrogen) atoms. The summed E-state index contributed by atoms with van der Waals surface area (Å²) in [6, 6.07) is -0.387. The van der Waals surface area contributed by atoms with Crippen LogP contribution in [-0.4, -0.2) is 44.6 Å². The number of hydrogen-bond donors (Lipinski definition) is 1. The maximum Gasteiger partial charge on any atom is 0.389 e. The molecule has 0 aromatic heterocycles. The Morgan fingerprint density at radius 3 is 2.37 bits per heavy atom. The number of halogens is 3. The van der Waals surface area contributed by atoms with E-state index in [0.29, 0.717) is 6.42 Å². The SMILES string of the molecule is COC(=O)C(CCOCCCC(F)(F)F)NC(C)C. The van der Waals surface area contributed by atoms with Crippen molar-refractivity contribution in [1.82, 2.24) is 5.32 Å². The average Bonchev–Trinajstić information content (AvgIpc) is 2.29. The van der Waals surface area contributed by atoms with Crippen molar-refractivity contribution in [3.05, 3.63) is 0 Å². The Morgan fingerprint density at radius 1 is 1.26 bits per heavy atom. The van der Waals surface area contributed by atoms with Crippen molar-refractivity contribution in [2.24, 2.45) is 0 Å². The highest BCUT2D eigenvalue weighted by Crippen LogP contribution is 2.20. The highest BCUT2D eigenvalue weighted by molar-refractivity contribution is 5.75. The van der Waals surface area contributed by atoms with Gasteiger partial charge >= 0.3 is 12.1 Å². The van der Waals surface area contributed by atoms with Crippen molar-refractivity contribution >= 4 is 5.97 Å². The molecule has 0 aromatic carbocycles. The largest absolute Gasteiger partial charge is 0.468 e. The van der Waals surface area contributed by atoms with E-state index < -0.39 is 24.6 Å². The topological polar surface area (TPSA) is 47.6 Å². The molecular weight excluding hydrogens is 263 g/mol. The van der Waals surface area contributed by atoms with Crippen LogP contribution in [0.15, 0.2) is 0 Å². The minimum atomic E-state index is -4.14. The minimum absolute atomic E-state index is 0.0368. The number of esters is 1. The third kappa shape index (κ3) is 10.8. The minimum Gasteiger partial charge on any atom is -0.468 e. The van der Waals surface area contributed by atoms with Crippen LogP contribution in [-0.2, 0) is 14.3 Å². The van der Waals surface area contributed by atoms with Crippen molar-refractivity contribution in [3.8, 4) is 0 Å². The van der Waals surface area contributed by atoms with E-state index in [-0.39, 0.29) is 25.7 Å². The predicted molar refractivity (Wildman–Crippen MR) is 64.8 cm³/mol. The first-order valence-corrected chi connectivity index (χ1v) is 6.24. The Kier molecular flexibility index (Phi) is 8.75. The summed E-state index contributed by atoms with van der Waals surface area (Å²) in [6.07, 6.45) is -4.68. The molecule has 0 aromatic rings. The van der Waals surface area contributed by atoms with E-state index in [1.807, 2.05) is 13.8 Å². The summed E-state index contributed by atoms with van der Waals surface area (Å²) in [6.45, 7) is 4.03. The number of carbonyl (C=O) groups is 1. The summed E-state index contributed by atoms with van der Waals surface area (Å²) < 4.78 is 45.3. The number of hydrogen-bond acceptors (Lipinski definition) is 4. The van der Waals surface area contributed by atoms with E-state index in [1.54, 1.807) is 0 Å². The smallest absolute Gasteiger partial charge is 0.389 e. The van der Waals surface area contributed by atoms with Gasteiger partial charge in [0.2, 0.25) is 0 Å². The fraction of sp³-hybridized carbons (Fsp3) is 0.917. The first-order valence-electron chi connectivity index (χ1n) is 6.24. The molecule has 0 radical (unpaired) electrons. The van der Waals surface area contributed by atoms with E-state index in [1.165, 1.54) is 7.11 Å². The molecule has 7 heteroatoms. The van der Waals surface area contributed by atoms with Crippen molar-refractivity contribution in [2.45, 2.75) is 51.4 Å². The second kappa shape index (κ2) is 9.14. The number of nitrogens with one attached hydrogen (secondary N) is 1. The third-order valence-electron chi connectivity index (χ3n) is 2.32. The summed E-state index contributed by atoms with van der Waals surface area (Å²) in [7, 11) is 1.29. The summed E-state index contributed by atoms with van der Waals surface area (Å²) >= 11 is 0. The standard InChI is InChI=1S/C12H22F3NO3/c1-9(2)16-10(11(17)18-3)5-8-19-7-4-6-12(13,14)15/h9-10,16H,4-8H2,1-3H3. The van der Waals surface area contributed by atoms with Crippen LogP contribution in [0.25, 0.3) is 0 Å². The van der Waals surface area contributed by atoms with Gasteiger partial charge in [0, 0.05) is 25.7 Å². The zero-order valence-electron chi connectivity index (χ0n) is 11.5. The first kappa shape index (κ1) is 18.2. The van der Waals surface area contributed by atoms with Gasteiger partial charge in [-0.2, -0.15) is 13.2 Å². The molecule has 1 unspecified atom stereocenters. The summed E-state index contributed by atoms with van der Waals surface area (Å²) in [5.74, 6) is -0.396. The fourth-order valence-electron chi connectivity index (χ4n) is 1.49. The van der Waals surface area contributed by atoms with Crippen LogP contribution in [0.3, 0.4) is 0 Å². The predicted octanol–water partition coefficient (Wildman–Crippen LogP) is 2.28. The lowest BCUT2D eigenvalue weighted by molar-refractivity contribution is -0.143. The van der Waals surface area contributed by atoms with Gasteiger partial charge in [-0.3, -0.25) is 4.79 Å². The van der Waals surface area contributed by atoms with Crippen LogP contribution in [0, 0.1) is 0 Å². The molecule has 0 saturated carbocycles.